The van der Waals surface area contributed by atoms with Crippen LogP contribution in [0.4, 0.5) is 0 Å². The van der Waals surface area contributed by atoms with Gasteiger partial charge in [-0.05, 0) is 35.9 Å². The van der Waals surface area contributed by atoms with E-state index in [-0.39, 0.29) is 35.2 Å². The van der Waals surface area contributed by atoms with Crippen molar-refractivity contribution in [3.63, 3.8) is 0 Å². The molecule has 0 aliphatic heterocycles. The fourth-order valence-electron chi connectivity index (χ4n) is 2.67. The highest BCUT2D eigenvalue weighted by molar-refractivity contribution is 7.89. The second-order valence-corrected chi connectivity index (χ2v) is 8.32. The van der Waals surface area contributed by atoms with Gasteiger partial charge in [-0.15, -0.1) is 0 Å². The van der Waals surface area contributed by atoms with Crippen molar-refractivity contribution in [1.82, 2.24) is 4.31 Å². The van der Waals surface area contributed by atoms with Gasteiger partial charge in [0.1, 0.15) is 11.5 Å². The van der Waals surface area contributed by atoms with Gasteiger partial charge in [0.25, 0.3) is 0 Å². The van der Waals surface area contributed by atoms with E-state index >= 15 is 0 Å². The molecule has 2 rings (SSSR count). The van der Waals surface area contributed by atoms with E-state index in [0.717, 1.165) is 0 Å². The number of hydrogen-bond donors (Lipinski definition) is 0. The van der Waals surface area contributed by atoms with E-state index in [1.54, 1.807) is 38.1 Å². The van der Waals surface area contributed by atoms with Gasteiger partial charge in [0.05, 0.1) is 23.3 Å². The Morgan fingerprint density at radius 3 is 2.28 bits per heavy atom. The zero-order valence-electron chi connectivity index (χ0n) is 16.3. The van der Waals surface area contributed by atoms with Crippen LogP contribution in [0, 0.1) is 0 Å². The fraction of sp³-hybridized carbons (Fsp3) is 0.300. The molecule has 0 unspecified atom stereocenters. The lowest BCUT2D eigenvalue weighted by Crippen LogP contribution is -2.31. The quantitative estimate of drug-likeness (QED) is 0.584. The molecule has 9 heteroatoms. The molecule has 29 heavy (non-hydrogen) atoms. The SMILES string of the molecule is CCN(CC)S(=O)(=O)c1cc(C(=O)OCc2cccc(C(=O)OC)c2)ccc1Cl. The number of nitrogens with zero attached hydrogens (tertiary/aromatic N) is 1. The van der Waals surface area contributed by atoms with E-state index < -0.39 is 22.0 Å². The van der Waals surface area contributed by atoms with Gasteiger partial charge in [0.15, 0.2) is 0 Å². The third kappa shape index (κ3) is 5.35. The molecule has 2 aromatic carbocycles. The van der Waals surface area contributed by atoms with E-state index in [1.807, 2.05) is 0 Å². The van der Waals surface area contributed by atoms with Crippen molar-refractivity contribution in [1.29, 1.82) is 0 Å². The Labute approximate surface area is 175 Å². The van der Waals surface area contributed by atoms with Gasteiger partial charge >= 0.3 is 11.9 Å². The van der Waals surface area contributed by atoms with Gasteiger partial charge in [0, 0.05) is 13.1 Å². The minimum atomic E-state index is -3.83. The van der Waals surface area contributed by atoms with Crippen LogP contribution in [0.1, 0.15) is 40.1 Å². The number of carbonyl (C=O) groups excluding carboxylic acids is 2. The summed E-state index contributed by atoms with van der Waals surface area (Å²) in [5.74, 6) is -1.21. The molecule has 0 saturated heterocycles. The van der Waals surface area contributed by atoms with Crippen LogP contribution < -0.4 is 0 Å². The van der Waals surface area contributed by atoms with Crippen LogP contribution in [-0.4, -0.2) is 44.9 Å². The van der Waals surface area contributed by atoms with E-state index in [2.05, 4.69) is 4.74 Å². The summed E-state index contributed by atoms with van der Waals surface area (Å²) in [7, 11) is -2.55. The van der Waals surface area contributed by atoms with E-state index in [4.69, 9.17) is 16.3 Å². The Kier molecular flexibility index (Phi) is 7.78. The number of hydrogen-bond acceptors (Lipinski definition) is 6. The summed E-state index contributed by atoms with van der Waals surface area (Å²) >= 11 is 6.08. The van der Waals surface area contributed by atoms with Crippen LogP contribution in [0.5, 0.6) is 0 Å². The second-order valence-electron chi connectivity index (χ2n) is 6.00. The molecular weight excluding hydrogens is 418 g/mol. The molecule has 0 heterocycles. The molecule has 0 aliphatic carbocycles. The molecule has 0 aromatic heterocycles. The van der Waals surface area contributed by atoms with E-state index in [1.165, 1.54) is 29.6 Å². The first-order valence-corrected chi connectivity index (χ1v) is 10.7. The summed E-state index contributed by atoms with van der Waals surface area (Å²) in [6.07, 6.45) is 0. The third-order valence-electron chi connectivity index (χ3n) is 4.21. The molecule has 0 amide bonds. The first-order chi connectivity index (χ1) is 13.7. The maximum atomic E-state index is 12.7. The highest BCUT2D eigenvalue weighted by atomic mass is 35.5. The number of esters is 2. The smallest absolute Gasteiger partial charge is 0.338 e. The monoisotopic (exact) mass is 439 g/mol. The Morgan fingerprint density at radius 1 is 1.00 bits per heavy atom. The molecule has 0 saturated carbocycles. The maximum Gasteiger partial charge on any atom is 0.338 e. The zero-order valence-corrected chi connectivity index (χ0v) is 17.9. The van der Waals surface area contributed by atoms with Crippen molar-refractivity contribution in [2.75, 3.05) is 20.2 Å². The lowest BCUT2D eigenvalue weighted by molar-refractivity contribution is 0.0472. The Hall–Kier alpha value is -2.42. The summed E-state index contributed by atoms with van der Waals surface area (Å²) in [6.45, 7) is 3.90. The number of rotatable bonds is 8. The number of methoxy groups -OCH3 is 1. The molecule has 0 atom stereocenters. The van der Waals surface area contributed by atoms with E-state index in [0.29, 0.717) is 11.1 Å². The standard InChI is InChI=1S/C20H22ClNO6S/c1-4-22(5-2)29(25,26)18-12-16(9-10-17(18)21)20(24)28-13-14-7-6-8-15(11-14)19(23)27-3/h6-12H,4-5,13H2,1-3H3. The third-order valence-corrected chi connectivity index (χ3v) is 6.74. The van der Waals surface area contributed by atoms with Crippen molar-refractivity contribution >= 4 is 33.6 Å². The van der Waals surface area contributed by atoms with Crippen molar-refractivity contribution in [3.8, 4) is 0 Å². The number of carbonyl (C=O) groups is 2. The van der Waals surface area contributed by atoms with Crippen molar-refractivity contribution in [2.24, 2.45) is 0 Å². The molecule has 156 valence electrons. The number of sulfonamides is 1. The Morgan fingerprint density at radius 2 is 1.66 bits per heavy atom. The first kappa shape index (κ1) is 22.9. The summed E-state index contributed by atoms with van der Waals surface area (Å²) < 4.78 is 36.7. The molecule has 2 aromatic rings. The molecule has 0 spiro atoms. The minimum Gasteiger partial charge on any atom is -0.465 e. The van der Waals surface area contributed by atoms with Gasteiger partial charge in [-0.3, -0.25) is 0 Å². The number of halogens is 1. The molecule has 0 fully saturated rings. The predicted molar refractivity (Wildman–Crippen MR) is 108 cm³/mol. The normalized spacial score (nSPS) is 11.3. The van der Waals surface area contributed by atoms with Gasteiger partial charge in [0.2, 0.25) is 10.0 Å². The topological polar surface area (TPSA) is 90.0 Å². The summed E-state index contributed by atoms with van der Waals surface area (Å²) in [4.78, 5) is 23.9. The molecule has 7 nitrogen and oxygen atoms in total. The number of benzene rings is 2. The van der Waals surface area contributed by atoms with Crippen LogP contribution in [0.2, 0.25) is 5.02 Å². The van der Waals surface area contributed by atoms with Crippen LogP contribution in [0.25, 0.3) is 0 Å². The first-order valence-electron chi connectivity index (χ1n) is 8.88. The number of ether oxygens (including phenoxy) is 2. The minimum absolute atomic E-state index is 0.0271. The molecule has 0 aliphatic rings. The van der Waals surface area contributed by atoms with Gasteiger partial charge in [-0.25, -0.2) is 18.0 Å². The van der Waals surface area contributed by atoms with Crippen molar-refractivity contribution in [3.05, 3.63) is 64.2 Å². The van der Waals surface area contributed by atoms with Crippen LogP contribution in [0.3, 0.4) is 0 Å². The lowest BCUT2D eigenvalue weighted by atomic mass is 10.1. The zero-order chi connectivity index (χ0) is 21.6. The largest absolute Gasteiger partial charge is 0.465 e. The van der Waals surface area contributed by atoms with E-state index in [9.17, 15) is 18.0 Å². The van der Waals surface area contributed by atoms with Gasteiger partial charge in [-0.2, -0.15) is 4.31 Å². The van der Waals surface area contributed by atoms with Gasteiger partial charge in [-0.1, -0.05) is 37.6 Å². The maximum absolute atomic E-state index is 12.7. The molecule has 0 bridgehead atoms. The van der Waals surface area contributed by atoms with Crippen molar-refractivity contribution < 1.29 is 27.5 Å². The molecular formula is C20H22ClNO6S. The van der Waals surface area contributed by atoms with Crippen molar-refractivity contribution in [2.45, 2.75) is 25.3 Å². The predicted octanol–water partition coefficient (Wildman–Crippen LogP) is 3.51. The summed E-state index contributed by atoms with van der Waals surface area (Å²) in [5, 5.41) is 0.0271. The molecule has 0 N–H and O–H groups in total. The highest BCUT2D eigenvalue weighted by Crippen LogP contribution is 2.26. The Balaban J connectivity index is 2.21. The summed E-state index contributed by atoms with van der Waals surface area (Å²) in [5.41, 5.74) is 0.982. The average Bonchev–Trinajstić information content (AvgIpc) is 2.72. The fourth-order valence-corrected chi connectivity index (χ4v) is 4.63. The Bertz CT molecular complexity index is 1000. The lowest BCUT2D eigenvalue weighted by Gasteiger charge is -2.19. The van der Waals surface area contributed by atoms with Crippen LogP contribution in [-0.2, 0) is 26.1 Å². The highest BCUT2D eigenvalue weighted by Gasteiger charge is 2.26. The second kappa shape index (κ2) is 9.87. The molecule has 0 radical (unpaired) electrons. The summed E-state index contributed by atoms with van der Waals surface area (Å²) in [6, 6.07) is 10.4. The average molecular weight is 440 g/mol. The van der Waals surface area contributed by atoms with Crippen LogP contribution >= 0.6 is 11.6 Å². The van der Waals surface area contributed by atoms with Crippen LogP contribution in [0.15, 0.2) is 47.4 Å². The van der Waals surface area contributed by atoms with Gasteiger partial charge < -0.3 is 9.47 Å².